The molecule has 0 spiro atoms. The van der Waals surface area contributed by atoms with Gasteiger partial charge in [-0.1, -0.05) is 13.8 Å². The average molecular weight is 320 g/mol. The van der Waals surface area contributed by atoms with Crippen LogP contribution in [0.3, 0.4) is 0 Å². The molecule has 1 atom stereocenters. The molecule has 1 unspecified atom stereocenters. The number of hydrogen-bond donors (Lipinski definition) is 3. The minimum atomic E-state index is -0.395. The highest BCUT2D eigenvalue weighted by Crippen LogP contribution is 2.23. The van der Waals surface area contributed by atoms with E-state index < -0.39 is 5.54 Å². The molecule has 0 saturated heterocycles. The summed E-state index contributed by atoms with van der Waals surface area (Å²) in [6.07, 6.45) is 2.65. The summed E-state index contributed by atoms with van der Waals surface area (Å²) in [5.74, 6) is 0.331. The Bertz CT molecular complexity index is 646. The predicted molar refractivity (Wildman–Crippen MR) is 91.0 cm³/mol. The molecule has 5 nitrogen and oxygen atoms in total. The van der Waals surface area contributed by atoms with E-state index in [9.17, 15) is 4.79 Å². The summed E-state index contributed by atoms with van der Waals surface area (Å²) in [5, 5.41) is 6.05. The number of aromatic nitrogens is 2. The lowest BCUT2D eigenvalue weighted by Gasteiger charge is -2.31. The van der Waals surface area contributed by atoms with Crippen LogP contribution < -0.4 is 11.1 Å². The minimum Gasteiger partial charge on any atom is -0.357 e. The van der Waals surface area contributed by atoms with Crippen LogP contribution in [0.2, 0.25) is 0 Å². The van der Waals surface area contributed by atoms with Crippen LogP contribution >= 0.6 is 11.3 Å². The fourth-order valence-corrected chi connectivity index (χ4v) is 3.22. The summed E-state index contributed by atoms with van der Waals surface area (Å²) in [5.41, 5.74) is 7.80. The van der Waals surface area contributed by atoms with Crippen LogP contribution in [0.4, 0.5) is 0 Å². The molecule has 2 heterocycles. The molecular weight excluding hydrogens is 296 g/mol. The second-order valence-corrected chi connectivity index (χ2v) is 7.43. The van der Waals surface area contributed by atoms with Crippen molar-refractivity contribution in [1.29, 1.82) is 0 Å². The Labute approximate surface area is 135 Å². The van der Waals surface area contributed by atoms with Gasteiger partial charge in [-0.3, -0.25) is 4.79 Å². The number of nitrogens with two attached hydrogens (primary N) is 1. The molecule has 2 rings (SSSR count). The lowest BCUT2D eigenvalue weighted by molar-refractivity contribution is 0.0893. The van der Waals surface area contributed by atoms with Crippen molar-refractivity contribution in [2.75, 3.05) is 6.54 Å². The van der Waals surface area contributed by atoms with Gasteiger partial charge in [-0.25, -0.2) is 4.98 Å². The van der Waals surface area contributed by atoms with E-state index in [1.165, 1.54) is 0 Å². The van der Waals surface area contributed by atoms with Crippen molar-refractivity contribution in [1.82, 2.24) is 15.3 Å². The van der Waals surface area contributed by atoms with Crippen molar-refractivity contribution >= 4 is 17.2 Å². The summed E-state index contributed by atoms with van der Waals surface area (Å²) in [6, 6.07) is 1.83. The normalized spacial score (nSPS) is 14.1. The molecule has 0 saturated carbocycles. The Hall–Kier alpha value is -1.66. The molecule has 120 valence electrons. The molecule has 0 aliphatic rings. The number of rotatable bonds is 6. The number of nitrogens with zero attached hydrogens (tertiary/aromatic N) is 1. The summed E-state index contributed by atoms with van der Waals surface area (Å²) in [4.78, 5) is 19.9. The third-order valence-electron chi connectivity index (χ3n) is 3.57. The van der Waals surface area contributed by atoms with Gasteiger partial charge in [-0.2, -0.15) is 0 Å². The molecule has 6 heteroatoms. The zero-order valence-corrected chi connectivity index (χ0v) is 14.4. The van der Waals surface area contributed by atoms with Crippen LogP contribution in [0.5, 0.6) is 0 Å². The zero-order chi connectivity index (χ0) is 16.3. The van der Waals surface area contributed by atoms with Gasteiger partial charge < -0.3 is 16.0 Å². The number of carbonyl (C=O) groups is 1. The highest BCUT2D eigenvalue weighted by molar-refractivity contribution is 7.09. The first-order chi connectivity index (χ1) is 10.3. The lowest BCUT2D eigenvalue weighted by atomic mass is 9.90. The smallest absolute Gasteiger partial charge is 0.268 e. The third kappa shape index (κ3) is 3.96. The maximum atomic E-state index is 12.4. The topological polar surface area (TPSA) is 83.8 Å². The standard InChI is InChI=1S/C16H24N4OS/c1-10(2)6-16(4,9-17)20-15(21)13-5-12(7-18-13)14-8-22-11(3)19-14/h5,7-8,10,18H,6,9,17H2,1-4H3,(H,20,21). The van der Waals surface area contributed by atoms with E-state index in [0.717, 1.165) is 22.7 Å². The maximum absolute atomic E-state index is 12.4. The molecule has 0 aromatic carbocycles. The Morgan fingerprint density at radius 1 is 1.55 bits per heavy atom. The van der Waals surface area contributed by atoms with Gasteiger partial charge in [0.2, 0.25) is 0 Å². The van der Waals surface area contributed by atoms with Crippen LogP contribution in [0, 0.1) is 12.8 Å². The van der Waals surface area contributed by atoms with E-state index in [1.54, 1.807) is 11.3 Å². The summed E-state index contributed by atoms with van der Waals surface area (Å²) in [7, 11) is 0. The highest BCUT2D eigenvalue weighted by atomic mass is 32.1. The molecule has 0 radical (unpaired) electrons. The number of carbonyl (C=O) groups excluding carboxylic acids is 1. The van der Waals surface area contributed by atoms with E-state index >= 15 is 0 Å². The van der Waals surface area contributed by atoms with Gasteiger partial charge in [-0.15, -0.1) is 11.3 Å². The molecule has 1 amide bonds. The van der Waals surface area contributed by atoms with Gasteiger partial charge in [0.1, 0.15) is 5.69 Å². The fraction of sp³-hybridized carbons (Fsp3) is 0.500. The van der Waals surface area contributed by atoms with Crippen molar-refractivity contribution in [2.24, 2.45) is 11.7 Å². The van der Waals surface area contributed by atoms with Crippen LogP contribution in [0.15, 0.2) is 17.6 Å². The van der Waals surface area contributed by atoms with Gasteiger partial charge in [0, 0.05) is 23.7 Å². The second kappa shape index (κ2) is 6.62. The third-order valence-corrected chi connectivity index (χ3v) is 4.34. The number of nitrogens with one attached hydrogen (secondary N) is 2. The molecular formula is C16H24N4OS. The van der Waals surface area contributed by atoms with Gasteiger partial charge in [0.15, 0.2) is 0 Å². The Balaban J connectivity index is 2.11. The van der Waals surface area contributed by atoms with Crippen molar-refractivity contribution in [3.63, 3.8) is 0 Å². The summed E-state index contributed by atoms with van der Waals surface area (Å²) < 4.78 is 0. The monoisotopic (exact) mass is 320 g/mol. The van der Waals surface area contributed by atoms with Crippen LogP contribution in [0.1, 0.15) is 42.7 Å². The minimum absolute atomic E-state index is 0.133. The summed E-state index contributed by atoms with van der Waals surface area (Å²) in [6.45, 7) is 8.61. The number of aromatic amines is 1. The molecule has 0 fully saturated rings. The second-order valence-electron chi connectivity index (χ2n) is 6.37. The van der Waals surface area contributed by atoms with Crippen molar-refractivity contribution in [3.05, 3.63) is 28.3 Å². The highest BCUT2D eigenvalue weighted by Gasteiger charge is 2.26. The Morgan fingerprint density at radius 2 is 2.27 bits per heavy atom. The zero-order valence-electron chi connectivity index (χ0n) is 13.6. The first kappa shape index (κ1) is 16.7. The quantitative estimate of drug-likeness (QED) is 0.765. The van der Waals surface area contributed by atoms with E-state index in [2.05, 4.69) is 29.1 Å². The van der Waals surface area contributed by atoms with Crippen molar-refractivity contribution in [2.45, 2.75) is 39.7 Å². The lowest BCUT2D eigenvalue weighted by Crippen LogP contribution is -2.52. The van der Waals surface area contributed by atoms with Crippen molar-refractivity contribution in [3.8, 4) is 11.3 Å². The van der Waals surface area contributed by atoms with E-state index in [0.29, 0.717) is 18.2 Å². The number of amides is 1. The van der Waals surface area contributed by atoms with Crippen molar-refractivity contribution < 1.29 is 4.79 Å². The average Bonchev–Trinajstić information content (AvgIpc) is 3.06. The van der Waals surface area contributed by atoms with Crippen LogP contribution in [-0.2, 0) is 0 Å². The molecule has 22 heavy (non-hydrogen) atoms. The predicted octanol–water partition coefficient (Wildman–Crippen LogP) is 2.94. The van der Waals surface area contributed by atoms with E-state index in [4.69, 9.17) is 5.73 Å². The fourth-order valence-electron chi connectivity index (χ4n) is 2.60. The van der Waals surface area contributed by atoms with Gasteiger partial charge >= 0.3 is 0 Å². The van der Waals surface area contributed by atoms with Gasteiger partial charge in [0.05, 0.1) is 16.2 Å². The molecule has 4 N–H and O–H groups in total. The molecule has 0 aliphatic carbocycles. The van der Waals surface area contributed by atoms with E-state index in [1.807, 2.05) is 31.5 Å². The maximum Gasteiger partial charge on any atom is 0.268 e. The molecule has 0 bridgehead atoms. The van der Waals surface area contributed by atoms with E-state index in [-0.39, 0.29) is 5.91 Å². The van der Waals surface area contributed by atoms with Crippen LogP contribution in [-0.4, -0.2) is 28.0 Å². The molecule has 2 aromatic heterocycles. The van der Waals surface area contributed by atoms with Crippen LogP contribution in [0.25, 0.3) is 11.3 Å². The Morgan fingerprint density at radius 3 is 2.82 bits per heavy atom. The first-order valence-corrected chi connectivity index (χ1v) is 8.34. The number of H-pyrrole nitrogens is 1. The molecule has 2 aromatic rings. The number of aryl methyl sites for hydroxylation is 1. The first-order valence-electron chi connectivity index (χ1n) is 7.46. The SMILES string of the molecule is Cc1nc(-c2c[nH]c(C(=O)NC(C)(CN)CC(C)C)c2)cs1. The van der Waals surface area contributed by atoms with Gasteiger partial charge in [-0.05, 0) is 32.3 Å². The van der Waals surface area contributed by atoms with Gasteiger partial charge in [0.25, 0.3) is 5.91 Å². The number of hydrogen-bond acceptors (Lipinski definition) is 4. The number of thiazole rings is 1. The molecule has 0 aliphatic heterocycles. The summed E-state index contributed by atoms with van der Waals surface area (Å²) >= 11 is 1.60. The largest absolute Gasteiger partial charge is 0.357 e. The Kier molecular flexibility index (Phi) is 5.03.